The van der Waals surface area contributed by atoms with E-state index < -0.39 is 21.3 Å². The Morgan fingerprint density at radius 1 is 1.03 bits per heavy atom. The number of hydrogen-bond donors (Lipinski definition) is 1. The van der Waals surface area contributed by atoms with Gasteiger partial charge in [0.2, 0.25) is 15.7 Å². The molecule has 0 saturated heterocycles. The highest BCUT2D eigenvalue weighted by molar-refractivity contribution is 9.10. The summed E-state index contributed by atoms with van der Waals surface area (Å²) in [5, 5.41) is 2.65. The Kier molecular flexibility index (Phi) is 6.80. The van der Waals surface area contributed by atoms with E-state index in [1.54, 1.807) is 50.2 Å². The number of Topliss-reactive ketones (excluding diaryl/α,β-unsaturated/α-hetero) is 1. The van der Waals surface area contributed by atoms with E-state index in [0.29, 0.717) is 27.0 Å². The molecule has 0 bridgehead atoms. The highest BCUT2D eigenvalue weighted by Crippen LogP contribution is 2.23. The summed E-state index contributed by atoms with van der Waals surface area (Å²) in [5.41, 5.74) is 0.840. The summed E-state index contributed by atoms with van der Waals surface area (Å²) in [6.07, 6.45) is 0. The van der Waals surface area contributed by atoms with Gasteiger partial charge in [-0.3, -0.25) is 14.4 Å². The molecule has 1 amide bonds. The normalized spacial score (nSPS) is 11.2. The first-order chi connectivity index (χ1) is 15.0. The Morgan fingerprint density at radius 2 is 1.69 bits per heavy atom. The molecule has 0 aliphatic rings. The topological polar surface area (TPSA) is 102 Å². The number of hydrogen-bond acceptors (Lipinski definition) is 5. The number of sulfone groups is 1. The molecule has 3 aromatic rings. The molecule has 0 radical (unpaired) electrons. The zero-order valence-electron chi connectivity index (χ0n) is 17.7. The largest absolute Gasteiger partial charge is 0.325 e. The highest BCUT2D eigenvalue weighted by Gasteiger charge is 2.26. The lowest BCUT2D eigenvalue weighted by Gasteiger charge is -2.15. The van der Waals surface area contributed by atoms with Crippen molar-refractivity contribution in [3.05, 3.63) is 86.2 Å². The number of halogens is 1. The lowest BCUT2D eigenvalue weighted by Crippen LogP contribution is -2.33. The van der Waals surface area contributed by atoms with Crippen LogP contribution in [0.3, 0.4) is 0 Å². The maximum atomic E-state index is 13.2. The molecule has 1 heterocycles. The number of carbonyl (C=O) groups excluding carboxylic acids is 2. The van der Waals surface area contributed by atoms with Crippen molar-refractivity contribution in [1.29, 1.82) is 0 Å². The molecule has 0 aliphatic carbocycles. The summed E-state index contributed by atoms with van der Waals surface area (Å²) in [6.45, 7) is 4.23. The molecule has 1 N–H and O–H groups in total. The van der Waals surface area contributed by atoms with Gasteiger partial charge < -0.3 is 9.88 Å². The molecule has 7 nitrogen and oxygen atoms in total. The van der Waals surface area contributed by atoms with Crippen LogP contribution >= 0.6 is 15.9 Å². The van der Waals surface area contributed by atoms with Crippen molar-refractivity contribution < 1.29 is 18.0 Å². The molecule has 2 aromatic carbocycles. The summed E-state index contributed by atoms with van der Waals surface area (Å²) in [6, 6.07) is 14.0. The van der Waals surface area contributed by atoms with Gasteiger partial charge in [0.15, 0.2) is 5.78 Å². The van der Waals surface area contributed by atoms with Gasteiger partial charge in [-0.15, -0.1) is 0 Å². The monoisotopic (exact) mass is 516 g/mol. The third-order valence-corrected chi connectivity index (χ3v) is 7.35. The maximum absolute atomic E-state index is 13.2. The zero-order chi connectivity index (χ0) is 23.6. The van der Waals surface area contributed by atoms with E-state index in [9.17, 15) is 22.8 Å². The van der Waals surface area contributed by atoms with E-state index >= 15 is 0 Å². The van der Waals surface area contributed by atoms with Gasteiger partial charge in [-0.25, -0.2) is 8.42 Å². The average Bonchev–Trinajstić information content (AvgIpc) is 2.71. The molecule has 32 heavy (non-hydrogen) atoms. The van der Waals surface area contributed by atoms with Crippen LogP contribution in [0.2, 0.25) is 0 Å². The van der Waals surface area contributed by atoms with Gasteiger partial charge in [0.25, 0.3) is 5.56 Å². The summed E-state index contributed by atoms with van der Waals surface area (Å²) in [4.78, 5) is 37.0. The SMILES string of the molecule is CC(=O)c1cccc(NC(=O)Cn2c(C)cc(C)c(S(=O)(=O)c3ccc(Br)cc3)c2=O)c1. The first-order valence-corrected chi connectivity index (χ1v) is 11.9. The number of nitrogens with one attached hydrogen (secondary N) is 1. The number of aromatic nitrogens is 1. The van der Waals surface area contributed by atoms with Crippen LogP contribution in [0, 0.1) is 13.8 Å². The van der Waals surface area contributed by atoms with Crippen LogP contribution in [0.5, 0.6) is 0 Å². The Balaban J connectivity index is 1.97. The fourth-order valence-corrected chi connectivity index (χ4v) is 5.14. The van der Waals surface area contributed by atoms with Gasteiger partial charge in [-0.05, 0) is 68.8 Å². The van der Waals surface area contributed by atoms with Crippen molar-refractivity contribution in [2.45, 2.75) is 37.1 Å². The minimum absolute atomic E-state index is 0.0122. The number of nitrogens with zero attached hydrogens (tertiary/aromatic N) is 1. The second-order valence-electron chi connectivity index (χ2n) is 7.33. The third-order valence-electron chi connectivity index (χ3n) is 4.90. The predicted octanol–water partition coefficient (Wildman–Crippen LogP) is 3.90. The Labute approximate surface area is 194 Å². The van der Waals surface area contributed by atoms with E-state index in [2.05, 4.69) is 21.2 Å². The van der Waals surface area contributed by atoms with Crippen molar-refractivity contribution >= 4 is 43.1 Å². The smallest absolute Gasteiger partial charge is 0.270 e. The van der Waals surface area contributed by atoms with Gasteiger partial charge in [0.1, 0.15) is 11.4 Å². The molecule has 0 fully saturated rings. The lowest BCUT2D eigenvalue weighted by atomic mass is 10.1. The summed E-state index contributed by atoms with van der Waals surface area (Å²) < 4.78 is 28.2. The average molecular weight is 517 g/mol. The molecule has 1 aromatic heterocycles. The van der Waals surface area contributed by atoms with E-state index in [0.717, 1.165) is 4.57 Å². The number of aryl methyl sites for hydroxylation is 2. The summed E-state index contributed by atoms with van der Waals surface area (Å²) in [5.74, 6) is -0.666. The minimum atomic E-state index is -4.09. The molecule has 0 unspecified atom stereocenters. The van der Waals surface area contributed by atoms with Crippen molar-refractivity contribution in [2.75, 3.05) is 5.32 Å². The first-order valence-electron chi connectivity index (χ1n) is 9.63. The number of rotatable bonds is 6. The maximum Gasteiger partial charge on any atom is 0.270 e. The van der Waals surface area contributed by atoms with Gasteiger partial charge in [0.05, 0.1) is 4.90 Å². The van der Waals surface area contributed by atoms with E-state index in [-0.39, 0.29) is 22.1 Å². The Hall–Kier alpha value is -3.04. The van der Waals surface area contributed by atoms with Crippen molar-refractivity contribution in [1.82, 2.24) is 4.57 Å². The number of benzene rings is 2. The first kappa shape index (κ1) is 23.6. The van der Waals surface area contributed by atoms with E-state index in [4.69, 9.17) is 0 Å². The van der Waals surface area contributed by atoms with Crippen molar-refractivity contribution in [2.24, 2.45) is 0 Å². The van der Waals surface area contributed by atoms with Crippen LogP contribution in [-0.2, 0) is 21.2 Å². The lowest BCUT2D eigenvalue weighted by molar-refractivity contribution is -0.116. The molecule has 0 aliphatic heterocycles. The molecular formula is C23H21BrN2O5S. The fraction of sp³-hybridized carbons (Fsp3) is 0.174. The Bertz CT molecular complexity index is 1380. The highest BCUT2D eigenvalue weighted by atomic mass is 79.9. The number of carbonyl (C=O) groups is 2. The number of pyridine rings is 1. The van der Waals surface area contributed by atoms with E-state index in [1.165, 1.54) is 25.1 Å². The van der Waals surface area contributed by atoms with Crippen LogP contribution < -0.4 is 10.9 Å². The molecule has 0 atom stereocenters. The number of anilines is 1. The predicted molar refractivity (Wildman–Crippen MR) is 125 cm³/mol. The number of amides is 1. The zero-order valence-corrected chi connectivity index (χ0v) is 20.1. The quantitative estimate of drug-likeness (QED) is 0.500. The summed E-state index contributed by atoms with van der Waals surface area (Å²) in [7, 11) is -4.09. The fourth-order valence-electron chi connectivity index (χ4n) is 3.32. The third kappa shape index (κ3) is 4.89. The van der Waals surface area contributed by atoms with Crippen LogP contribution in [0.15, 0.2) is 73.7 Å². The van der Waals surface area contributed by atoms with E-state index in [1.807, 2.05) is 0 Å². The van der Waals surface area contributed by atoms with Gasteiger partial charge in [0, 0.05) is 21.4 Å². The van der Waals surface area contributed by atoms with Crippen LogP contribution in [0.4, 0.5) is 5.69 Å². The second kappa shape index (κ2) is 9.22. The van der Waals surface area contributed by atoms with Crippen LogP contribution in [0.25, 0.3) is 0 Å². The molecule has 166 valence electrons. The number of ketones is 1. The molecule has 0 spiro atoms. The van der Waals surface area contributed by atoms with Crippen molar-refractivity contribution in [3.63, 3.8) is 0 Å². The molecule has 9 heteroatoms. The minimum Gasteiger partial charge on any atom is -0.325 e. The molecule has 3 rings (SSSR count). The Morgan fingerprint density at radius 3 is 2.31 bits per heavy atom. The van der Waals surface area contributed by atoms with Crippen LogP contribution in [-0.4, -0.2) is 24.7 Å². The van der Waals surface area contributed by atoms with Gasteiger partial charge >= 0.3 is 0 Å². The summed E-state index contributed by atoms with van der Waals surface area (Å²) >= 11 is 3.26. The molecular weight excluding hydrogens is 496 g/mol. The van der Waals surface area contributed by atoms with Gasteiger partial charge in [-0.1, -0.05) is 28.1 Å². The second-order valence-corrected chi connectivity index (χ2v) is 10.1. The molecule has 0 saturated carbocycles. The van der Waals surface area contributed by atoms with Gasteiger partial charge in [-0.2, -0.15) is 0 Å². The standard InChI is InChI=1S/C23H21BrN2O5S/c1-14-11-15(2)26(13-21(28)25-19-6-4-5-17(12-19)16(3)27)23(29)22(14)32(30,31)20-9-7-18(24)8-10-20/h4-12H,13H2,1-3H3,(H,25,28). The van der Waals surface area contributed by atoms with Crippen molar-refractivity contribution in [3.8, 4) is 0 Å². The van der Waals surface area contributed by atoms with Crippen LogP contribution in [0.1, 0.15) is 28.5 Å².